The van der Waals surface area contributed by atoms with Crippen LogP contribution in [0.2, 0.25) is 0 Å². The van der Waals surface area contributed by atoms with Gasteiger partial charge in [-0.2, -0.15) is 0 Å². The van der Waals surface area contributed by atoms with Crippen molar-refractivity contribution >= 4 is 0 Å². The van der Waals surface area contributed by atoms with Gasteiger partial charge in [-0.15, -0.1) is 0 Å². The number of hydrogen-bond donors (Lipinski definition) is 0. The van der Waals surface area contributed by atoms with Gasteiger partial charge in [0.2, 0.25) is 0 Å². The zero-order valence-electron chi connectivity index (χ0n) is 2.86. The molecule has 0 aromatic rings. The fourth-order valence-electron chi connectivity index (χ4n) is 0. The van der Waals surface area contributed by atoms with Gasteiger partial charge in [-0.3, -0.25) is 0 Å². The molecule has 0 aliphatic rings. The van der Waals surface area contributed by atoms with Gasteiger partial charge >= 0.3 is 37.6 Å². The first-order chi connectivity index (χ1) is 1.73. The van der Waals surface area contributed by atoms with E-state index in [1.807, 2.05) is 37.6 Å². The number of hydrogen-bond acceptors (Lipinski definition) is 1. The fraction of sp³-hybridized carbons (Fsp3) is 1.00. The predicted molar refractivity (Wildman–Crippen MR) is 13.7 cm³/mol. The summed E-state index contributed by atoms with van der Waals surface area (Å²) in [6.45, 7) is 0. The van der Waals surface area contributed by atoms with E-state index in [1.54, 1.807) is 0 Å². The molecular formula is C2H6MoN. The average molecular weight is 140 g/mol. The summed E-state index contributed by atoms with van der Waals surface area (Å²) >= 11 is 1.94. The standard InChI is InChI=1S/C2H6N.Mo/c1-3-2;/h1-2H3;/q-1;+1. The topological polar surface area (TPSA) is 3.24 Å². The van der Waals surface area contributed by atoms with Gasteiger partial charge in [-0.25, -0.2) is 0 Å². The van der Waals surface area contributed by atoms with Crippen molar-refractivity contribution in [3.8, 4) is 0 Å². The second-order valence-electron chi connectivity index (χ2n) is 0.812. The van der Waals surface area contributed by atoms with Crippen LogP contribution in [-0.2, 0) is 20.1 Å². The van der Waals surface area contributed by atoms with Crippen molar-refractivity contribution in [2.75, 3.05) is 14.1 Å². The third-order valence-corrected chi connectivity index (χ3v) is 0. The van der Waals surface area contributed by atoms with Gasteiger partial charge in [0.1, 0.15) is 0 Å². The van der Waals surface area contributed by atoms with Crippen LogP contribution in [0, 0.1) is 0 Å². The molecule has 4 heavy (non-hydrogen) atoms. The number of nitrogens with zero attached hydrogens (tertiary/aromatic N) is 1. The molecule has 0 bridgehead atoms. The molecule has 0 atom stereocenters. The molecule has 0 aliphatic heterocycles. The van der Waals surface area contributed by atoms with Gasteiger partial charge in [-0.1, -0.05) is 0 Å². The van der Waals surface area contributed by atoms with E-state index in [9.17, 15) is 0 Å². The Morgan fingerprint density at radius 2 is 1.50 bits per heavy atom. The quantitative estimate of drug-likeness (QED) is 0.428. The Morgan fingerprint density at radius 3 is 1.50 bits per heavy atom. The Bertz CT molecular complexity index is 10.8. The van der Waals surface area contributed by atoms with Crippen LogP contribution in [0.15, 0.2) is 0 Å². The van der Waals surface area contributed by atoms with E-state index >= 15 is 0 Å². The predicted octanol–water partition coefficient (Wildman–Crippen LogP) is 0.00980. The minimum atomic E-state index is 1.94. The molecule has 0 aromatic carbocycles. The van der Waals surface area contributed by atoms with Gasteiger partial charge < -0.3 is 0 Å². The molecule has 0 N–H and O–H groups in total. The summed E-state index contributed by atoms with van der Waals surface area (Å²) in [5.74, 6) is 0. The Balaban J connectivity index is 2.32. The van der Waals surface area contributed by atoms with E-state index in [-0.39, 0.29) is 0 Å². The first-order valence-electron chi connectivity index (χ1n) is 1.08. The molecule has 0 amide bonds. The Labute approximate surface area is 38.2 Å². The second kappa shape index (κ2) is 1.92. The summed E-state index contributed by atoms with van der Waals surface area (Å²) in [4.78, 5) is 0. The van der Waals surface area contributed by atoms with Gasteiger partial charge in [0, 0.05) is 0 Å². The van der Waals surface area contributed by atoms with Gasteiger partial charge in [0.25, 0.3) is 0 Å². The van der Waals surface area contributed by atoms with E-state index in [4.69, 9.17) is 0 Å². The van der Waals surface area contributed by atoms with E-state index in [2.05, 4.69) is 0 Å². The van der Waals surface area contributed by atoms with Crippen LogP contribution in [0.4, 0.5) is 0 Å². The van der Waals surface area contributed by atoms with Crippen molar-refractivity contribution in [3.05, 3.63) is 0 Å². The molecule has 0 aromatic heterocycles. The fourth-order valence-corrected chi connectivity index (χ4v) is 0. The molecule has 25 valence electrons. The zero-order chi connectivity index (χ0) is 3.58. The second-order valence-corrected chi connectivity index (χ2v) is 2.61. The molecule has 0 aliphatic carbocycles. The molecule has 0 radical (unpaired) electrons. The van der Waals surface area contributed by atoms with Crippen LogP contribution in [0.5, 0.6) is 0 Å². The van der Waals surface area contributed by atoms with Gasteiger partial charge in [0.05, 0.1) is 0 Å². The van der Waals surface area contributed by atoms with Crippen molar-refractivity contribution in [2.24, 2.45) is 0 Å². The van der Waals surface area contributed by atoms with E-state index < -0.39 is 0 Å². The van der Waals surface area contributed by atoms with Crippen LogP contribution >= 0.6 is 0 Å². The molecule has 1 nitrogen and oxygen atoms in total. The molecule has 0 unspecified atom stereocenters. The molecule has 2 heteroatoms. The summed E-state index contributed by atoms with van der Waals surface area (Å²) in [5.41, 5.74) is 0. The van der Waals surface area contributed by atoms with Gasteiger partial charge in [-0.05, 0) is 0 Å². The van der Waals surface area contributed by atoms with Crippen LogP contribution in [0.25, 0.3) is 0 Å². The Hall–Kier alpha value is 0.648. The summed E-state index contributed by atoms with van der Waals surface area (Å²) in [6, 6.07) is 0. The van der Waals surface area contributed by atoms with Crippen molar-refractivity contribution in [1.29, 1.82) is 0 Å². The Morgan fingerprint density at radius 1 is 1.50 bits per heavy atom. The SMILES string of the molecule is C[N](C)[Mo]. The van der Waals surface area contributed by atoms with Crippen LogP contribution < -0.4 is 0 Å². The van der Waals surface area contributed by atoms with Crippen LogP contribution in [-0.4, -0.2) is 17.6 Å². The Kier molecular flexibility index (Phi) is 2.23. The molecule has 0 rings (SSSR count). The average Bonchev–Trinajstić information content (AvgIpc) is 0.811. The van der Waals surface area contributed by atoms with Crippen molar-refractivity contribution in [1.82, 2.24) is 3.46 Å². The van der Waals surface area contributed by atoms with E-state index in [0.29, 0.717) is 0 Å². The molecule has 0 heterocycles. The molecule has 0 fully saturated rings. The van der Waals surface area contributed by atoms with Crippen molar-refractivity contribution in [3.63, 3.8) is 0 Å². The van der Waals surface area contributed by atoms with Crippen LogP contribution in [0.3, 0.4) is 0 Å². The minimum absolute atomic E-state index is 1.94. The molecule has 0 spiro atoms. The molecule has 0 saturated heterocycles. The maximum atomic E-state index is 2.01. The first-order valence-corrected chi connectivity index (χ1v) is 1.97. The third-order valence-electron chi connectivity index (χ3n) is 0. The summed E-state index contributed by atoms with van der Waals surface area (Å²) in [6.07, 6.45) is 0. The summed E-state index contributed by atoms with van der Waals surface area (Å²) in [7, 11) is 4.01. The van der Waals surface area contributed by atoms with Crippen molar-refractivity contribution < 1.29 is 20.1 Å². The van der Waals surface area contributed by atoms with Gasteiger partial charge in [0.15, 0.2) is 0 Å². The summed E-state index contributed by atoms with van der Waals surface area (Å²) in [5, 5.41) is 0. The maximum absolute atomic E-state index is 2.01. The number of rotatable bonds is 0. The van der Waals surface area contributed by atoms with Crippen molar-refractivity contribution in [2.45, 2.75) is 0 Å². The normalized spacial score (nSPS) is 8.75. The third kappa shape index (κ3) is 17.1. The zero-order valence-corrected chi connectivity index (χ0v) is 4.86. The summed E-state index contributed by atoms with van der Waals surface area (Å²) < 4.78 is 2.01. The van der Waals surface area contributed by atoms with Crippen LogP contribution in [0.1, 0.15) is 0 Å². The van der Waals surface area contributed by atoms with E-state index in [0.717, 1.165) is 0 Å². The van der Waals surface area contributed by atoms with E-state index in [1.165, 1.54) is 0 Å². The molecular weight excluding hydrogens is 134 g/mol. The molecule has 0 saturated carbocycles. The monoisotopic (exact) mass is 142 g/mol. The first kappa shape index (κ1) is 4.65.